The van der Waals surface area contributed by atoms with Gasteiger partial charge in [-0.1, -0.05) is 18.5 Å². The average Bonchev–Trinajstić information content (AvgIpc) is 2.75. The first-order valence-corrected chi connectivity index (χ1v) is 9.99. The summed E-state index contributed by atoms with van der Waals surface area (Å²) in [5.74, 6) is -1.64. The Morgan fingerprint density at radius 1 is 1.11 bits per heavy atom. The highest BCUT2D eigenvalue weighted by Crippen LogP contribution is 2.35. The van der Waals surface area contributed by atoms with Gasteiger partial charge < -0.3 is 9.72 Å². The van der Waals surface area contributed by atoms with Crippen molar-refractivity contribution in [2.24, 2.45) is 0 Å². The highest BCUT2D eigenvalue weighted by Gasteiger charge is 2.39. The Morgan fingerprint density at radius 2 is 1.80 bits per heavy atom. The lowest BCUT2D eigenvalue weighted by molar-refractivity contribution is -0.142. The second-order valence-electron chi connectivity index (χ2n) is 7.11. The van der Waals surface area contributed by atoms with Crippen molar-refractivity contribution < 1.29 is 31.1 Å². The zero-order valence-corrected chi connectivity index (χ0v) is 18.3. The first-order valence-electron chi connectivity index (χ1n) is 9.62. The van der Waals surface area contributed by atoms with Gasteiger partial charge in [0.1, 0.15) is 11.3 Å². The Bertz CT molecular complexity index is 1440. The molecule has 1 N–H and O–H groups in total. The molecule has 0 fully saturated rings. The summed E-state index contributed by atoms with van der Waals surface area (Å²) in [6.45, 7) is 0.874. The van der Waals surface area contributed by atoms with Crippen LogP contribution in [-0.2, 0) is 25.3 Å². The maximum absolute atomic E-state index is 13.5. The van der Waals surface area contributed by atoms with Gasteiger partial charge in [-0.05, 0) is 36.2 Å². The van der Waals surface area contributed by atoms with Crippen molar-refractivity contribution in [1.82, 2.24) is 14.5 Å². The number of aryl methyl sites for hydroxylation is 1. The molecule has 2 heterocycles. The summed E-state index contributed by atoms with van der Waals surface area (Å²) in [7, 11) is 0. The van der Waals surface area contributed by atoms with Gasteiger partial charge in [0.15, 0.2) is 5.69 Å². The van der Waals surface area contributed by atoms with Crippen molar-refractivity contribution >= 4 is 11.6 Å². The molecule has 1 aromatic carbocycles. The monoisotopic (exact) mass is 518 g/mol. The van der Waals surface area contributed by atoms with E-state index >= 15 is 0 Å². The third-order valence-electron chi connectivity index (χ3n) is 4.70. The van der Waals surface area contributed by atoms with E-state index in [1.807, 2.05) is 0 Å². The third kappa shape index (κ3) is 5.65. The van der Waals surface area contributed by atoms with Crippen molar-refractivity contribution in [1.29, 1.82) is 5.26 Å². The molecule has 184 valence electrons. The summed E-state index contributed by atoms with van der Waals surface area (Å²) >= 11 is 5.83. The van der Waals surface area contributed by atoms with Crippen LogP contribution in [-0.4, -0.2) is 14.5 Å². The van der Waals surface area contributed by atoms with E-state index in [0.717, 1.165) is 12.1 Å². The summed E-state index contributed by atoms with van der Waals surface area (Å²) in [6.07, 6.45) is -9.56. The molecule has 0 saturated carbocycles. The number of rotatable bonds is 5. The number of aromatic amines is 1. The molecule has 7 nitrogen and oxygen atoms in total. The number of ether oxygens (including phenoxy) is 1. The van der Waals surface area contributed by atoms with E-state index in [-0.39, 0.29) is 34.0 Å². The Morgan fingerprint density at radius 3 is 2.37 bits per heavy atom. The zero-order valence-electron chi connectivity index (χ0n) is 17.5. The van der Waals surface area contributed by atoms with Gasteiger partial charge in [0.2, 0.25) is 5.75 Å². The molecule has 3 rings (SSSR count). The van der Waals surface area contributed by atoms with E-state index in [1.54, 1.807) is 6.07 Å². The summed E-state index contributed by atoms with van der Waals surface area (Å²) in [5, 5.41) is 8.96. The van der Waals surface area contributed by atoms with Crippen molar-refractivity contribution in [3.05, 3.63) is 84.4 Å². The highest BCUT2D eigenvalue weighted by molar-refractivity contribution is 6.30. The van der Waals surface area contributed by atoms with E-state index in [2.05, 4.69) is 9.97 Å². The van der Waals surface area contributed by atoms with Crippen LogP contribution >= 0.6 is 11.6 Å². The second-order valence-corrected chi connectivity index (χ2v) is 7.55. The molecular formula is C21H13ClF6N4O3. The number of hydrogen-bond acceptors (Lipinski definition) is 5. The van der Waals surface area contributed by atoms with Gasteiger partial charge in [-0.3, -0.25) is 14.2 Å². The lowest BCUT2D eigenvalue weighted by Gasteiger charge is -2.16. The number of alkyl halides is 6. The largest absolute Gasteiger partial charge is 0.449 e. The molecule has 0 unspecified atom stereocenters. The predicted octanol–water partition coefficient (Wildman–Crippen LogP) is 4.90. The minimum absolute atomic E-state index is 0.0470. The number of nitrogens with zero attached hydrogens (tertiary/aromatic N) is 3. The van der Waals surface area contributed by atoms with Gasteiger partial charge >= 0.3 is 12.4 Å². The number of pyridine rings is 1. The first kappa shape index (κ1) is 25.8. The molecule has 0 atom stereocenters. The number of aromatic nitrogens is 3. The molecule has 0 saturated heterocycles. The average molecular weight is 519 g/mol. The third-order valence-corrected chi connectivity index (χ3v) is 4.92. The van der Waals surface area contributed by atoms with Crippen molar-refractivity contribution in [2.45, 2.75) is 32.2 Å². The van der Waals surface area contributed by atoms with Crippen LogP contribution in [0, 0.1) is 11.3 Å². The number of halogens is 7. The van der Waals surface area contributed by atoms with Crippen LogP contribution in [0.4, 0.5) is 26.3 Å². The number of nitriles is 1. The van der Waals surface area contributed by atoms with Crippen LogP contribution in [0.25, 0.3) is 0 Å². The minimum Gasteiger partial charge on any atom is -0.449 e. The minimum atomic E-state index is -5.12. The first-order chi connectivity index (χ1) is 16.2. The van der Waals surface area contributed by atoms with Crippen molar-refractivity contribution in [3.8, 4) is 17.6 Å². The van der Waals surface area contributed by atoms with Gasteiger partial charge in [-0.25, -0.2) is 4.98 Å². The molecule has 0 aliphatic rings. The Kier molecular flexibility index (Phi) is 6.98. The van der Waals surface area contributed by atoms with E-state index in [4.69, 9.17) is 21.6 Å². The van der Waals surface area contributed by atoms with E-state index < -0.39 is 47.0 Å². The van der Waals surface area contributed by atoms with Gasteiger partial charge in [-0.2, -0.15) is 31.6 Å². The Labute approximate surface area is 197 Å². The number of benzene rings is 1. The van der Waals surface area contributed by atoms with Crippen LogP contribution in [0.15, 0.2) is 40.2 Å². The van der Waals surface area contributed by atoms with E-state index in [0.29, 0.717) is 17.0 Å². The summed E-state index contributed by atoms with van der Waals surface area (Å²) in [4.78, 5) is 30.0. The smallest absolute Gasteiger partial charge is 0.437 e. The van der Waals surface area contributed by atoms with Crippen molar-refractivity contribution in [3.63, 3.8) is 0 Å². The standard InChI is InChI=1S/C21H13ClF6N4O3/c1-2-15-11(5-14(18(33)31-15)20(23,24)25)8-32-9-30-17(21(26,27)28)16(19(32)34)35-13-4-10(7-29)3-12(22)6-13/h3-6,9H,2,8H2,1H3,(H,31,33). The van der Waals surface area contributed by atoms with Crippen LogP contribution in [0.1, 0.15) is 35.0 Å². The maximum atomic E-state index is 13.5. The number of H-pyrrole nitrogens is 1. The number of hydrogen-bond donors (Lipinski definition) is 1. The fourth-order valence-electron chi connectivity index (χ4n) is 3.14. The zero-order chi connectivity index (χ0) is 26.1. The van der Waals surface area contributed by atoms with Crippen LogP contribution < -0.4 is 15.9 Å². The maximum Gasteiger partial charge on any atom is 0.437 e. The molecule has 0 aliphatic heterocycles. The molecule has 3 aromatic rings. The second kappa shape index (κ2) is 9.46. The summed E-state index contributed by atoms with van der Waals surface area (Å²) in [6, 6.07) is 5.56. The van der Waals surface area contributed by atoms with Gasteiger partial charge in [-0.15, -0.1) is 0 Å². The molecule has 0 amide bonds. The molecule has 35 heavy (non-hydrogen) atoms. The lowest BCUT2D eigenvalue weighted by atomic mass is 10.1. The van der Waals surface area contributed by atoms with E-state index in [1.165, 1.54) is 13.0 Å². The topological polar surface area (TPSA) is 101 Å². The van der Waals surface area contributed by atoms with Crippen LogP contribution in [0.3, 0.4) is 0 Å². The molecule has 0 spiro atoms. The molecule has 0 radical (unpaired) electrons. The van der Waals surface area contributed by atoms with Gasteiger partial charge in [0.05, 0.1) is 24.5 Å². The normalized spacial score (nSPS) is 11.9. The Balaban J connectivity index is 2.16. The molecule has 14 heteroatoms. The van der Waals surface area contributed by atoms with Crippen molar-refractivity contribution in [2.75, 3.05) is 0 Å². The molecule has 0 bridgehead atoms. The molecule has 0 aliphatic carbocycles. The summed E-state index contributed by atoms with van der Waals surface area (Å²) < 4.78 is 85.9. The molecule has 2 aromatic heterocycles. The van der Waals surface area contributed by atoms with E-state index in [9.17, 15) is 35.9 Å². The SMILES string of the molecule is CCc1[nH]c(=O)c(C(F)(F)F)cc1Cn1cnc(C(F)(F)F)c(Oc2cc(Cl)cc(C#N)c2)c1=O. The van der Waals surface area contributed by atoms with Gasteiger partial charge in [0, 0.05) is 10.7 Å². The molecular weight excluding hydrogens is 506 g/mol. The summed E-state index contributed by atoms with van der Waals surface area (Å²) in [5.41, 5.74) is -6.16. The number of nitrogens with one attached hydrogen (secondary N) is 1. The predicted molar refractivity (Wildman–Crippen MR) is 110 cm³/mol. The fraction of sp³-hybridized carbons (Fsp3) is 0.238. The van der Waals surface area contributed by atoms with Crippen LogP contribution in [0.2, 0.25) is 5.02 Å². The highest BCUT2D eigenvalue weighted by atomic mass is 35.5. The quantitative estimate of drug-likeness (QED) is 0.484. The fourth-order valence-corrected chi connectivity index (χ4v) is 3.37. The Hall–Kier alpha value is -3.79. The van der Waals surface area contributed by atoms with Crippen LogP contribution in [0.5, 0.6) is 11.5 Å². The lowest BCUT2D eigenvalue weighted by Crippen LogP contribution is -2.28. The van der Waals surface area contributed by atoms with Gasteiger partial charge in [0.25, 0.3) is 11.1 Å².